The Morgan fingerprint density at radius 1 is 0.962 bits per heavy atom. The second-order valence-electron chi connectivity index (χ2n) is 6.91. The smallest absolute Gasteiger partial charge is 0.240 e. The summed E-state index contributed by atoms with van der Waals surface area (Å²) in [6.07, 6.45) is 3.26. The van der Waals surface area contributed by atoms with Crippen molar-refractivity contribution in [1.29, 1.82) is 0 Å². The molecule has 0 aromatic heterocycles. The molecule has 1 atom stereocenters. The molecule has 2 aromatic carbocycles. The van der Waals surface area contributed by atoms with Crippen LogP contribution in [0.4, 0.5) is 0 Å². The molecule has 136 valence electrons. The number of hydrogen-bond donors (Lipinski definition) is 1. The Bertz CT molecular complexity index is 754. The molecule has 26 heavy (non-hydrogen) atoms. The highest BCUT2D eigenvalue weighted by Gasteiger charge is 2.39. The minimum atomic E-state index is -0.0363. The molecule has 0 spiro atoms. The number of benzene rings is 2. The van der Waals surface area contributed by atoms with Crippen LogP contribution in [0.15, 0.2) is 48.5 Å². The fourth-order valence-electron chi connectivity index (χ4n) is 3.34. The van der Waals surface area contributed by atoms with Crippen LogP contribution in [0.25, 0.3) is 0 Å². The number of nitrogens with one attached hydrogen (secondary N) is 1. The summed E-state index contributed by atoms with van der Waals surface area (Å²) in [6.45, 7) is 1.59. The van der Waals surface area contributed by atoms with E-state index < -0.39 is 0 Å². The number of methoxy groups -OCH3 is 1. The molecule has 2 fully saturated rings. The summed E-state index contributed by atoms with van der Waals surface area (Å²) >= 11 is 0. The first-order valence-corrected chi connectivity index (χ1v) is 9.17. The molecule has 1 aliphatic carbocycles. The number of amides is 1. The van der Waals surface area contributed by atoms with Gasteiger partial charge in [-0.15, -0.1) is 0 Å². The molecule has 1 amide bonds. The van der Waals surface area contributed by atoms with Gasteiger partial charge in [-0.05, 0) is 61.2 Å². The maximum Gasteiger partial charge on any atom is 0.240 e. The standard InChI is InChI=1S/C21H24N2O3/c1-25-17-8-10-19(11-9-17)26-18-6-2-15(3-7-18)14-22-20-12-13-23(21(20)24)16-4-5-16/h2-3,6-11,16,20,22H,4-5,12-14H2,1H3/t20-/m0/s1. The van der Waals surface area contributed by atoms with Gasteiger partial charge in [0, 0.05) is 19.1 Å². The molecule has 0 unspecified atom stereocenters. The van der Waals surface area contributed by atoms with E-state index in [1.807, 2.05) is 53.4 Å². The van der Waals surface area contributed by atoms with Gasteiger partial charge < -0.3 is 19.7 Å². The van der Waals surface area contributed by atoms with Gasteiger partial charge >= 0.3 is 0 Å². The number of carbonyl (C=O) groups is 1. The van der Waals surface area contributed by atoms with E-state index in [2.05, 4.69) is 5.32 Å². The van der Waals surface area contributed by atoms with E-state index in [-0.39, 0.29) is 11.9 Å². The van der Waals surface area contributed by atoms with Crippen LogP contribution >= 0.6 is 0 Å². The van der Waals surface area contributed by atoms with Crippen molar-refractivity contribution in [3.63, 3.8) is 0 Å². The Kier molecular flexibility index (Phi) is 4.80. The minimum Gasteiger partial charge on any atom is -0.497 e. The summed E-state index contributed by atoms with van der Waals surface area (Å²) in [6, 6.07) is 16.0. The molecule has 1 saturated heterocycles. The van der Waals surface area contributed by atoms with Crippen molar-refractivity contribution < 1.29 is 14.3 Å². The molecule has 1 N–H and O–H groups in total. The zero-order valence-corrected chi connectivity index (χ0v) is 15.0. The van der Waals surface area contributed by atoms with Crippen LogP contribution < -0.4 is 14.8 Å². The number of rotatable bonds is 7. The van der Waals surface area contributed by atoms with E-state index in [1.165, 1.54) is 12.8 Å². The average molecular weight is 352 g/mol. The molecule has 1 aliphatic heterocycles. The zero-order chi connectivity index (χ0) is 17.9. The highest BCUT2D eigenvalue weighted by atomic mass is 16.5. The molecule has 2 aromatic rings. The quantitative estimate of drug-likeness (QED) is 0.830. The second kappa shape index (κ2) is 7.38. The van der Waals surface area contributed by atoms with Crippen LogP contribution in [-0.2, 0) is 11.3 Å². The molecule has 1 saturated carbocycles. The van der Waals surface area contributed by atoms with E-state index in [1.54, 1.807) is 7.11 Å². The number of nitrogens with zero attached hydrogens (tertiary/aromatic N) is 1. The Hall–Kier alpha value is -2.53. The lowest BCUT2D eigenvalue weighted by Gasteiger charge is -2.16. The second-order valence-corrected chi connectivity index (χ2v) is 6.91. The minimum absolute atomic E-state index is 0.0363. The molecular weight excluding hydrogens is 328 g/mol. The Labute approximate surface area is 153 Å². The lowest BCUT2D eigenvalue weighted by molar-refractivity contribution is -0.129. The normalized spacial score (nSPS) is 19.7. The van der Waals surface area contributed by atoms with Crippen molar-refractivity contribution >= 4 is 5.91 Å². The van der Waals surface area contributed by atoms with Gasteiger partial charge in [0.05, 0.1) is 13.2 Å². The summed E-state index contributed by atoms with van der Waals surface area (Å²) in [7, 11) is 1.64. The lowest BCUT2D eigenvalue weighted by Crippen LogP contribution is -2.38. The van der Waals surface area contributed by atoms with E-state index in [0.717, 1.165) is 35.8 Å². The van der Waals surface area contributed by atoms with E-state index in [9.17, 15) is 4.79 Å². The van der Waals surface area contributed by atoms with Crippen LogP contribution in [0.5, 0.6) is 17.2 Å². The van der Waals surface area contributed by atoms with E-state index >= 15 is 0 Å². The van der Waals surface area contributed by atoms with Gasteiger partial charge in [0.1, 0.15) is 17.2 Å². The van der Waals surface area contributed by atoms with Gasteiger partial charge in [-0.2, -0.15) is 0 Å². The third-order valence-corrected chi connectivity index (χ3v) is 5.00. The van der Waals surface area contributed by atoms with Gasteiger partial charge in [-0.3, -0.25) is 4.79 Å². The van der Waals surface area contributed by atoms with E-state index in [0.29, 0.717) is 12.6 Å². The number of carbonyl (C=O) groups excluding carboxylic acids is 1. The van der Waals surface area contributed by atoms with Crippen molar-refractivity contribution in [2.75, 3.05) is 13.7 Å². The topological polar surface area (TPSA) is 50.8 Å². The van der Waals surface area contributed by atoms with Crippen molar-refractivity contribution in [2.45, 2.75) is 37.9 Å². The summed E-state index contributed by atoms with van der Waals surface area (Å²) in [5.41, 5.74) is 1.14. The molecule has 0 radical (unpaired) electrons. The first kappa shape index (κ1) is 16.9. The maximum atomic E-state index is 12.3. The van der Waals surface area contributed by atoms with Crippen molar-refractivity contribution in [1.82, 2.24) is 10.2 Å². The Morgan fingerprint density at radius 3 is 2.19 bits per heavy atom. The molecular formula is C21H24N2O3. The summed E-state index contributed by atoms with van der Waals surface area (Å²) in [5.74, 6) is 2.64. The highest BCUT2D eigenvalue weighted by molar-refractivity contribution is 5.84. The van der Waals surface area contributed by atoms with Gasteiger partial charge in [0.15, 0.2) is 0 Å². The van der Waals surface area contributed by atoms with Gasteiger partial charge in [0.2, 0.25) is 5.91 Å². The third-order valence-electron chi connectivity index (χ3n) is 5.00. The fraction of sp³-hybridized carbons (Fsp3) is 0.381. The van der Waals surface area contributed by atoms with Crippen LogP contribution in [0.3, 0.4) is 0 Å². The molecule has 4 rings (SSSR count). The first-order chi connectivity index (χ1) is 12.7. The van der Waals surface area contributed by atoms with Crippen molar-refractivity contribution in [2.24, 2.45) is 0 Å². The van der Waals surface area contributed by atoms with Crippen LogP contribution in [0.1, 0.15) is 24.8 Å². The zero-order valence-electron chi connectivity index (χ0n) is 15.0. The summed E-state index contributed by atoms with van der Waals surface area (Å²) in [4.78, 5) is 14.4. The molecule has 1 heterocycles. The molecule has 0 bridgehead atoms. The number of hydrogen-bond acceptors (Lipinski definition) is 4. The predicted molar refractivity (Wildman–Crippen MR) is 99.5 cm³/mol. The van der Waals surface area contributed by atoms with Crippen LogP contribution in [-0.4, -0.2) is 36.5 Å². The van der Waals surface area contributed by atoms with Gasteiger partial charge in [-0.1, -0.05) is 12.1 Å². The molecule has 5 nitrogen and oxygen atoms in total. The lowest BCUT2D eigenvalue weighted by atomic mass is 10.2. The third kappa shape index (κ3) is 3.83. The number of ether oxygens (including phenoxy) is 2. The maximum absolute atomic E-state index is 12.3. The largest absolute Gasteiger partial charge is 0.497 e. The fourth-order valence-corrected chi connectivity index (χ4v) is 3.34. The van der Waals surface area contributed by atoms with E-state index in [4.69, 9.17) is 9.47 Å². The van der Waals surface area contributed by atoms with Gasteiger partial charge in [-0.25, -0.2) is 0 Å². The van der Waals surface area contributed by atoms with Crippen molar-refractivity contribution in [3.05, 3.63) is 54.1 Å². The van der Waals surface area contributed by atoms with Crippen LogP contribution in [0.2, 0.25) is 0 Å². The highest BCUT2D eigenvalue weighted by Crippen LogP contribution is 2.30. The summed E-state index contributed by atoms with van der Waals surface area (Å²) < 4.78 is 11.0. The average Bonchev–Trinajstić information content (AvgIpc) is 3.45. The van der Waals surface area contributed by atoms with Gasteiger partial charge in [0.25, 0.3) is 0 Å². The predicted octanol–water partition coefficient (Wildman–Crippen LogP) is 3.34. The monoisotopic (exact) mass is 352 g/mol. The van der Waals surface area contributed by atoms with Crippen LogP contribution in [0, 0.1) is 0 Å². The SMILES string of the molecule is COc1ccc(Oc2ccc(CN[C@H]3CCN(C4CC4)C3=O)cc2)cc1. The summed E-state index contributed by atoms with van der Waals surface area (Å²) in [5, 5.41) is 3.40. The Balaban J connectivity index is 1.29. The Morgan fingerprint density at radius 2 is 1.58 bits per heavy atom. The van der Waals surface area contributed by atoms with Crippen molar-refractivity contribution in [3.8, 4) is 17.2 Å². The molecule has 2 aliphatic rings. The number of likely N-dealkylation sites (tertiary alicyclic amines) is 1. The first-order valence-electron chi connectivity index (χ1n) is 9.17. The molecule has 5 heteroatoms.